The van der Waals surface area contributed by atoms with E-state index in [1.54, 1.807) is 0 Å². The molecule has 0 aliphatic rings. The van der Waals surface area contributed by atoms with Crippen molar-refractivity contribution in [3.8, 4) is 0 Å². The highest BCUT2D eigenvalue weighted by Gasteiger charge is 2.16. The van der Waals surface area contributed by atoms with Gasteiger partial charge in [-0.1, -0.05) is 37.3 Å². The third kappa shape index (κ3) is 2.79. The average Bonchev–Trinajstić information content (AvgIpc) is 2.78. The van der Waals surface area contributed by atoms with Gasteiger partial charge in [-0.15, -0.1) is 0 Å². The summed E-state index contributed by atoms with van der Waals surface area (Å²) >= 11 is 0. The molecule has 0 amide bonds. The zero-order valence-electron chi connectivity index (χ0n) is 11.4. The topological polar surface area (TPSA) is 29.9 Å². The second-order valence-electron chi connectivity index (χ2n) is 4.59. The van der Waals surface area contributed by atoms with Crippen molar-refractivity contribution < 1.29 is 0 Å². The van der Waals surface area contributed by atoms with Gasteiger partial charge in [-0.2, -0.15) is 5.10 Å². The highest BCUT2D eigenvalue weighted by atomic mass is 15.3. The van der Waals surface area contributed by atoms with E-state index in [2.05, 4.69) is 53.9 Å². The molecule has 1 aromatic carbocycles. The van der Waals surface area contributed by atoms with E-state index in [1.165, 1.54) is 16.8 Å². The van der Waals surface area contributed by atoms with E-state index in [0.29, 0.717) is 6.04 Å². The second-order valence-corrected chi connectivity index (χ2v) is 4.59. The lowest BCUT2D eigenvalue weighted by molar-refractivity contribution is 0.586. The van der Waals surface area contributed by atoms with Gasteiger partial charge in [0.25, 0.3) is 0 Å². The molecule has 0 bridgehead atoms. The summed E-state index contributed by atoms with van der Waals surface area (Å²) in [6, 6.07) is 10.9. The Balaban J connectivity index is 2.22. The van der Waals surface area contributed by atoms with Gasteiger partial charge < -0.3 is 5.32 Å². The van der Waals surface area contributed by atoms with E-state index in [-0.39, 0.29) is 0 Å². The smallest absolute Gasteiger partial charge is 0.0669 e. The predicted octanol–water partition coefficient (Wildman–Crippen LogP) is 2.49. The number of aryl methyl sites for hydroxylation is 2. The number of nitrogens with zero attached hydrogens (tertiary/aromatic N) is 2. The highest BCUT2D eigenvalue weighted by Crippen LogP contribution is 2.21. The molecular weight excluding hydrogens is 222 g/mol. The van der Waals surface area contributed by atoms with Gasteiger partial charge in [-0.3, -0.25) is 4.68 Å². The third-order valence-electron chi connectivity index (χ3n) is 3.28. The van der Waals surface area contributed by atoms with Crippen LogP contribution in [0.1, 0.15) is 29.8 Å². The molecule has 0 saturated carbocycles. The number of rotatable bonds is 5. The van der Waals surface area contributed by atoms with Crippen LogP contribution in [-0.4, -0.2) is 16.8 Å². The van der Waals surface area contributed by atoms with Crippen LogP contribution >= 0.6 is 0 Å². The first-order valence-corrected chi connectivity index (χ1v) is 6.48. The molecule has 0 aliphatic heterocycles. The quantitative estimate of drug-likeness (QED) is 0.874. The second kappa shape index (κ2) is 5.83. The van der Waals surface area contributed by atoms with Crippen molar-refractivity contribution in [3.05, 3.63) is 53.3 Å². The molecule has 2 aromatic rings. The summed E-state index contributed by atoms with van der Waals surface area (Å²) in [5.74, 6) is 0. The van der Waals surface area contributed by atoms with Gasteiger partial charge in [-0.05, 0) is 25.5 Å². The molecular formula is C15H21N3. The minimum atomic E-state index is 0.330. The van der Waals surface area contributed by atoms with Crippen LogP contribution in [0.3, 0.4) is 0 Å². The minimum Gasteiger partial charge on any atom is -0.313 e. The van der Waals surface area contributed by atoms with Gasteiger partial charge in [-0.25, -0.2) is 0 Å². The molecule has 96 valence electrons. The minimum absolute atomic E-state index is 0.330. The van der Waals surface area contributed by atoms with E-state index >= 15 is 0 Å². The van der Waals surface area contributed by atoms with Crippen LogP contribution in [0.15, 0.2) is 36.5 Å². The maximum absolute atomic E-state index is 4.52. The molecule has 1 N–H and O–H groups in total. The van der Waals surface area contributed by atoms with Crippen molar-refractivity contribution in [2.75, 3.05) is 7.05 Å². The Hall–Kier alpha value is -1.61. The van der Waals surface area contributed by atoms with Gasteiger partial charge in [0, 0.05) is 24.8 Å². The van der Waals surface area contributed by atoms with E-state index in [4.69, 9.17) is 0 Å². The maximum atomic E-state index is 4.52. The molecule has 18 heavy (non-hydrogen) atoms. The Bertz CT molecular complexity index is 488. The molecule has 3 heteroatoms. The number of hydrogen-bond donors (Lipinski definition) is 1. The zero-order chi connectivity index (χ0) is 13.0. The summed E-state index contributed by atoms with van der Waals surface area (Å²) in [7, 11) is 4.00. The lowest BCUT2D eigenvalue weighted by Gasteiger charge is -2.16. The van der Waals surface area contributed by atoms with Crippen molar-refractivity contribution in [2.45, 2.75) is 25.8 Å². The van der Waals surface area contributed by atoms with E-state index < -0.39 is 0 Å². The highest BCUT2D eigenvalue weighted by molar-refractivity contribution is 5.25. The summed E-state index contributed by atoms with van der Waals surface area (Å²) in [5, 5.41) is 7.92. The molecule has 1 atom stereocenters. The lowest BCUT2D eigenvalue weighted by atomic mass is 9.99. The van der Waals surface area contributed by atoms with Crippen molar-refractivity contribution in [1.29, 1.82) is 0 Å². The molecule has 1 heterocycles. The van der Waals surface area contributed by atoms with Gasteiger partial charge in [0.2, 0.25) is 0 Å². The number of nitrogens with one attached hydrogen (secondary N) is 1. The van der Waals surface area contributed by atoms with Crippen LogP contribution in [0.5, 0.6) is 0 Å². The van der Waals surface area contributed by atoms with Crippen LogP contribution in [-0.2, 0) is 19.9 Å². The fraction of sp³-hybridized carbons (Fsp3) is 0.400. The fourth-order valence-corrected chi connectivity index (χ4v) is 2.34. The molecule has 0 spiro atoms. The van der Waals surface area contributed by atoms with Crippen molar-refractivity contribution in [3.63, 3.8) is 0 Å². The summed E-state index contributed by atoms with van der Waals surface area (Å²) in [4.78, 5) is 0. The zero-order valence-corrected chi connectivity index (χ0v) is 11.4. The van der Waals surface area contributed by atoms with Gasteiger partial charge in [0.15, 0.2) is 0 Å². The SMILES string of the molecule is CCc1nn(C)cc1C(Cc1ccccc1)NC. The van der Waals surface area contributed by atoms with Crippen LogP contribution in [0.25, 0.3) is 0 Å². The Labute approximate surface area is 109 Å². The molecule has 2 rings (SSSR count). The molecule has 0 aliphatic carbocycles. The molecule has 0 saturated heterocycles. The standard InChI is InChI=1S/C15H21N3/c1-4-14-13(11-18(3)17-14)15(16-2)10-12-8-6-5-7-9-12/h5-9,11,15-16H,4,10H2,1-3H3. The van der Waals surface area contributed by atoms with Crippen molar-refractivity contribution in [2.24, 2.45) is 7.05 Å². The number of likely N-dealkylation sites (N-methyl/N-ethyl adjacent to an activating group) is 1. The third-order valence-corrected chi connectivity index (χ3v) is 3.28. The van der Waals surface area contributed by atoms with Crippen LogP contribution in [0.2, 0.25) is 0 Å². The van der Waals surface area contributed by atoms with E-state index in [0.717, 1.165) is 12.8 Å². The Kier molecular flexibility index (Phi) is 4.15. The first-order valence-electron chi connectivity index (χ1n) is 6.48. The predicted molar refractivity (Wildman–Crippen MR) is 74.5 cm³/mol. The van der Waals surface area contributed by atoms with Crippen molar-refractivity contribution >= 4 is 0 Å². The molecule has 0 radical (unpaired) electrons. The van der Waals surface area contributed by atoms with Crippen molar-refractivity contribution in [1.82, 2.24) is 15.1 Å². The summed E-state index contributed by atoms with van der Waals surface area (Å²) < 4.78 is 1.91. The van der Waals surface area contributed by atoms with Gasteiger partial charge in [0.1, 0.15) is 0 Å². The number of aromatic nitrogens is 2. The van der Waals surface area contributed by atoms with E-state index in [1.807, 2.05) is 18.8 Å². The van der Waals surface area contributed by atoms with E-state index in [9.17, 15) is 0 Å². The Morgan fingerprint density at radius 1 is 1.28 bits per heavy atom. The number of hydrogen-bond acceptors (Lipinski definition) is 2. The largest absolute Gasteiger partial charge is 0.313 e. The Morgan fingerprint density at radius 3 is 2.61 bits per heavy atom. The normalized spacial score (nSPS) is 12.6. The fourth-order valence-electron chi connectivity index (χ4n) is 2.34. The maximum Gasteiger partial charge on any atom is 0.0669 e. The number of benzene rings is 1. The first kappa shape index (κ1) is 12.8. The molecule has 1 unspecified atom stereocenters. The summed E-state index contributed by atoms with van der Waals surface area (Å²) in [5.41, 5.74) is 3.85. The summed E-state index contributed by atoms with van der Waals surface area (Å²) in [6.45, 7) is 2.15. The summed E-state index contributed by atoms with van der Waals surface area (Å²) in [6.07, 6.45) is 4.10. The molecule has 3 nitrogen and oxygen atoms in total. The molecule has 0 fully saturated rings. The van der Waals surface area contributed by atoms with Crippen LogP contribution < -0.4 is 5.32 Å². The monoisotopic (exact) mass is 243 g/mol. The van der Waals surface area contributed by atoms with Gasteiger partial charge in [0.05, 0.1) is 5.69 Å². The van der Waals surface area contributed by atoms with Crippen LogP contribution in [0.4, 0.5) is 0 Å². The lowest BCUT2D eigenvalue weighted by Crippen LogP contribution is -2.19. The molecule has 1 aromatic heterocycles. The average molecular weight is 243 g/mol. The first-order chi connectivity index (χ1) is 8.74. The Morgan fingerprint density at radius 2 is 2.00 bits per heavy atom. The van der Waals surface area contributed by atoms with Crippen LogP contribution in [0, 0.1) is 0 Å². The van der Waals surface area contributed by atoms with Gasteiger partial charge >= 0.3 is 0 Å².